The van der Waals surface area contributed by atoms with Crippen LogP contribution >= 0.6 is 0 Å². The zero-order chi connectivity index (χ0) is 9.97. The highest BCUT2D eigenvalue weighted by atomic mass is 15.1. The molecular weight excluding hydrogens is 172 g/mol. The molecule has 0 unspecified atom stereocenters. The fourth-order valence-corrected chi connectivity index (χ4v) is 2.59. The predicted octanol–water partition coefficient (Wildman–Crippen LogP) is 1.49. The van der Waals surface area contributed by atoms with Gasteiger partial charge in [0, 0.05) is 19.6 Å². The van der Waals surface area contributed by atoms with Crippen molar-refractivity contribution in [1.82, 2.24) is 10.2 Å². The molecule has 2 atom stereocenters. The average molecular weight is 194 g/mol. The van der Waals surface area contributed by atoms with Crippen molar-refractivity contribution in [3.8, 4) is 0 Å². The van der Waals surface area contributed by atoms with Gasteiger partial charge < -0.3 is 5.32 Å². The average Bonchev–Trinajstić information content (AvgIpc) is 2.52. The zero-order valence-corrected chi connectivity index (χ0v) is 9.42. The quantitative estimate of drug-likeness (QED) is 0.670. The number of nitrogens with zero attached hydrogens (tertiary/aromatic N) is 1. The maximum absolute atomic E-state index is 3.48. The van der Waals surface area contributed by atoms with Crippen LogP contribution in [0.4, 0.5) is 0 Å². The van der Waals surface area contributed by atoms with Crippen molar-refractivity contribution >= 4 is 0 Å². The van der Waals surface area contributed by atoms with Crippen LogP contribution in [0.2, 0.25) is 0 Å². The topological polar surface area (TPSA) is 15.3 Å². The minimum Gasteiger partial charge on any atom is -0.316 e. The summed E-state index contributed by atoms with van der Waals surface area (Å²) in [6.07, 6.45) is 3.63. The standard InChI is InChI=1S/C12H22N2/c1-10-4-3-5-14(8-10)9-12-7-13-6-11(12)2/h4,11-13H,3,5-9H2,1-2H3/t11-,12+/m1/s1. The summed E-state index contributed by atoms with van der Waals surface area (Å²) < 4.78 is 0. The molecule has 80 valence electrons. The highest BCUT2D eigenvalue weighted by Gasteiger charge is 2.25. The largest absolute Gasteiger partial charge is 0.316 e. The third kappa shape index (κ3) is 2.37. The highest BCUT2D eigenvalue weighted by Crippen LogP contribution is 2.19. The van der Waals surface area contributed by atoms with E-state index in [9.17, 15) is 0 Å². The Bertz CT molecular complexity index is 222. The molecule has 0 aromatic heterocycles. The van der Waals surface area contributed by atoms with E-state index in [2.05, 4.69) is 30.1 Å². The second kappa shape index (κ2) is 4.45. The van der Waals surface area contributed by atoms with Crippen molar-refractivity contribution in [2.45, 2.75) is 20.3 Å². The SMILES string of the molecule is CC1=CCCN(C[C@@H]2CNC[C@H]2C)C1. The van der Waals surface area contributed by atoms with Gasteiger partial charge in [-0.05, 0) is 38.3 Å². The molecule has 0 amide bonds. The first-order valence-electron chi connectivity index (χ1n) is 5.84. The fourth-order valence-electron chi connectivity index (χ4n) is 2.59. The van der Waals surface area contributed by atoms with Gasteiger partial charge in [0.1, 0.15) is 0 Å². The van der Waals surface area contributed by atoms with E-state index in [1.54, 1.807) is 5.57 Å². The molecule has 0 aromatic carbocycles. The number of rotatable bonds is 2. The van der Waals surface area contributed by atoms with E-state index in [-0.39, 0.29) is 0 Å². The Morgan fingerprint density at radius 2 is 2.36 bits per heavy atom. The third-order valence-electron chi connectivity index (χ3n) is 3.58. The lowest BCUT2D eigenvalue weighted by Gasteiger charge is -2.29. The monoisotopic (exact) mass is 194 g/mol. The summed E-state index contributed by atoms with van der Waals surface area (Å²) in [5.41, 5.74) is 1.55. The molecule has 0 aromatic rings. The van der Waals surface area contributed by atoms with Gasteiger partial charge in [0.15, 0.2) is 0 Å². The number of hydrogen-bond acceptors (Lipinski definition) is 2. The van der Waals surface area contributed by atoms with E-state index in [0.717, 1.165) is 11.8 Å². The van der Waals surface area contributed by atoms with Crippen LogP contribution in [-0.4, -0.2) is 37.6 Å². The summed E-state index contributed by atoms with van der Waals surface area (Å²) in [5.74, 6) is 1.74. The van der Waals surface area contributed by atoms with E-state index in [4.69, 9.17) is 0 Å². The molecular formula is C12H22N2. The molecule has 14 heavy (non-hydrogen) atoms. The van der Waals surface area contributed by atoms with E-state index in [0.29, 0.717) is 0 Å². The summed E-state index contributed by atoms with van der Waals surface area (Å²) in [6.45, 7) is 10.8. The summed E-state index contributed by atoms with van der Waals surface area (Å²) in [7, 11) is 0. The number of nitrogens with one attached hydrogen (secondary N) is 1. The van der Waals surface area contributed by atoms with Crippen molar-refractivity contribution in [2.24, 2.45) is 11.8 Å². The van der Waals surface area contributed by atoms with Crippen molar-refractivity contribution < 1.29 is 0 Å². The first-order chi connectivity index (χ1) is 6.75. The minimum absolute atomic E-state index is 0.862. The summed E-state index contributed by atoms with van der Waals surface area (Å²) in [5, 5.41) is 3.48. The van der Waals surface area contributed by atoms with Crippen LogP contribution in [0.25, 0.3) is 0 Å². The molecule has 2 aliphatic heterocycles. The first-order valence-corrected chi connectivity index (χ1v) is 5.84. The summed E-state index contributed by atoms with van der Waals surface area (Å²) in [6, 6.07) is 0. The van der Waals surface area contributed by atoms with Gasteiger partial charge in [0.05, 0.1) is 0 Å². The molecule has 0 radical (unpaired) electrons. The molecule has 1 saturated heterocycles. The Hall–Kier alpha value is -0.340. The molecule has 0 spiro atoms. The Balaban J connectivity index is 1.82. The normalized spacial score (nSPS) is 34.6. The molecule has 2 rings (SSSR count). The summed E-state index contributed by atoms with van der Waals surface area (Å²) >= 11 is 0. The molecule has 0 saturated carbocycles. The van der Waals surface area contributed by atoms with E-state index >= 15 is 0 Å². The van der Waals surface area contributed by atoms with Gasteiger partial charge in [-0.15, -0.1) is 0 Å². The lowest BCUT2D eigenvalue weighted by atomic mass is 9.97. The lowest BCUT2D eigenvalue weighted by molar-refractivity contribution is 0.229. The van der Waals surface area contributed by atoms with Crippen molar-refractivity contribution in [2.75, 3.05) is 32.7 Å². The van der Waals surface area contributed by atoms with Gasteiger partial charge in [0.2, 0.25) is 0 Å². The first kappa shape index (κ1) is 10.2. The highest BCUT2D eigenvalue weighted by molar-refractivity contribution is 5.04. The molecule has 1 fully saturated rings. The lowest BCUT2D eigenvalue weighted by Crippen LogP contribution is -2.36. The van der Waals surface area contributed by atoms with E-state index in [1.807, 2.05) is 0 Å². The second-order valence-corrected chi connectivity index (χ2v) is 4.97. The number of hydrogen-bond donors (Lipinski definition) is 1. The van der Waals surface area contributed by atoms with E-state index in [1.165, 1.54) is 39.1 Å². The molecule has 1 N–H and O–H groups in total. The molecule has 2 heterocycles. The van der Waals surface area contributed by atoms with Crippen LogP contribution in [0.15, 0.2) is 11.6 Å². The van der Waals surface area contributed by atoms with Crippen LogP contribution in [0.3, 0.4) is 0 Å². The van der Waals surface area contributed by atoms with Gasteiger partial charge in [-0.25, -0.2) is 0 Å². The van der Waals surface area contributed by atoms with Gasteiger partial charge in [-0.3, -0.25) is 4.90 Å². The van der Waals surface area contributed by atoms with Crippen LogP contribution < -0.4 is 5.32 Å². The zero-order valence-electron chi connectivity index (χ0n) is 9.42. The van der Waals surface area contributed by atoms with Gasteiger partial charge in [0.25, 0.3) is 0 Å². The van der Waals surface area contributed by atoms with Crippen LogP contribution in [0, 0.1) is 11.8 Å². The van der Waals surface area contributed by atoms with Crippen LogP contribution in [0.1, 0.15) is 20.3 Å². The molecule has 2 heteroatoms. The minimum atomic E-state index is 0.862. The third-order valence-corrected chi connectivity index (χ3v) is 3.58. The fraction of sp³-hybridized carbons (Fsp3) is 0.833. The van der Waals surface area contributed by atoms with Gasteiger partial charge >= 0.3 is 0 Å². The van der Waals surface area contributed by atoms with Crippen molar-refractivity contribution in [3.05, 3.63) is 11.6 Å². The second-order valence-electron chi connectivity index (χ2n) is 4.97. The molecule has 2 nitrogen and oxygen atoms in total. The Morgan fingerprint density at radius 3 is 3.00 bits per heavy atom. The molecule has 0 bridgehead atoms. The Labute approximate surface area is 87.4 Å². The van der Waals surface area contributed by atoms with Gasteiger partial charge in [-0.1, -0.05) is 18.6 Å². The van der Waals surface area contributed by atoms with Gasteiger partial charge in [-0.2, -0.15) is 0 Å². The van der Waals surface area contributed by atoms with E-state index < -0.39 is 0 Å². The van der Waals surface area contributed by atoms with Crippen molar-refractivity contribution in [3.63, 3.8) is 0 Å². The maximum Gasteiger partial charge on any atom is 0.0190 e. The Morgan fingerprint density at radius 1 is 1.50 bits per heavy atom. The van der Waals surface area contributed by atoms with Crippen LogP contribution in [-0.2, 0) is 0 Å². The predicted molar refractivity (Wildman–Crippen MR) is 60.3 cm³/mol. The summed E-state index contributed by atoms with van der Waals surface area (Å²) in [4.78, 5) is 2.61. The van der Waals surface area contributed by atoms with Crippen molar-refractivity contribution in [1.29, 1.82) is 0 Å². The smallest absolute Gasteiger partial charge is 0.0190 e. The Kier molecular flexibility index (Phi) is 3.24. The molecule has 0 aliphatic carbocycles. The maximum atomic E-state index is 3.48. The van der Waals surface area contributed by atoms with Crippen LogP contribution in [0.5, 0.6) is 0 Å². The molecule has 2 aliphatic rings.